The standard InChI is InChI=1S/C16H26N2O2S/c1-3-14-6-7-15(21-14)9-17-16(20)11-18-8-4-5-13(10-18)12(2)19/h6-7,12-13,19H,3-5,8-11H2,1-2H3,(H,17,20). The molecule has 2 rings (SSSR count). The van der Waals surface area contributed by atoms with Gasteiger partial charge in [0.2, 0.25) is 5.91 Å². The molecule has 2 N–H and O–H groups in total. The van der Waals surface area contributed by atoms with Crippen LogP contribution >= 0.6 is 11.3 Å². The Bertz CT molecular complexity index is 459. The fraction of sp³-hybridized carbons (Fsp3) is 0.688. The lowest BCUT2D eigenvalue weighted by atomic mass is 9.93. The maximum atomic E-state index is 12.0. The Hall–Kier alpha value is -0.910. The molecular formula is C16H26N2O2S. The zero-order valence-electron chi connectivity index (χ0n) is 13.0. The van der Waals surface area contributed by atoms with Crippen molar-refractivity contribution in [1.29, 1.82) is 0 Å². The second kappa shape index (κ2) is 7.92. The van der Waals surface area contributed by atoms with Gasteiger partial charge in [0, 0.05) is 16.3 Å². The monoisotopic (exact) mass is 310 g/mol. The Morgan fingerprint density at radius 2 is 2.29 bits per heavy atom. The topological polar surface area (TPSA) is 52.6 Å². The summed E-state index contributed by atoms with van der Waals surface area (Å²) in [5.74, 6) is 0.378. The molecule has 21 heavy (non-hydrogen) atoms. The molecule has 2 atom stereocenters. The highest BCUT2D eigenvalue weighted by Gasteiger charge is 2.24. The first-order chi connectivity index (χ1) is 10.1. The SMILES string of the molecule is CCc1ccc(CNC(=O)CN2CCCC(C(C)O)C2)s1. The van der Waals surface area contributed by atoms with E-state index in [4.69, 9.17) is 0 Å². The van der Waals surface area contributed by atoms with Crippen LogP contribution in [0, 0.1) is 5.92 Å². The van der Waals surface area contributed by atoms with Gasteiger partial charge in [-0.1, -0.05) is 6.92 Å². The normalized spacial score (nSPS) is 21.2. The predicted octanol–water partition coefficient (Wildman–Crippen LogP) is 2.02. The summed E-state index contributed by atoms with van der Waals surface area (Å²) in [5.41, 5.74) is 0. The number of aliphatic hydroxyl groups is 1. The Balaban J connectivity index is 1.73. The van der Waals surface area contributed by atoms with Gasteiger partial charge in [0.1, 0.15) is 0 Å². The molecule has 4 nitrogen and oxygen atoms in total. The van der Waals surface area contributed by atoms with Gasteiger partial charge >= 0.3 is 0 Å². The Morgan fingerprint density at radius 1 is 1.52 bits per heavy atom. The Morgan fingerprint density at radius 3 is 2.95 bits per heavy atom. The first-order valence-electron chi connectivity index (χ1n) is 7.83. The Kier molecular flexibility index (Phi) is 6.21. The lowest BCUT2D eigenvalue weighted by molar-refractivity contribution is -0.123. The van der Waals surface area contributed by atoms with E-state index >= 15 is 0 Å². The number of nitrogens with one attached hydrogen (secondary N) is 1. The number of carbonyl (C=O) groups excluding carboxylic acids is 1. The van der Waals surface area contributed by atoms with Gasteiger partial charge in [-0.15, -0.1) is 11.3 Å². The highest BCUT2D eigenvalue weighted by Crippen LogP contribution is 2.19. The van der Waals surface area contributed by atoms with Crippen molar-refractivity contribution >= 4 is 17.2 Å². The number of aryl methyl sites for hydroxylation is 1. The number of amides is 1. The Labute approximate surface area is 131 Å². The molecule has 0 saturated carbocycles. The third-order valence-electron chi connectivity index (χ3n) is 4.12. The highest BCUT2D eigenvalue weighted by molar-refractivity contribution is 7.11. The van der Waals surface area contributed by atoms with Crippen LogP contribution in [0.2, 0.25) is 0 Å². The zero-order chi connectivity index (χ0) is 15.2. The fourth-order valence-electron chi connectivity index (χ4n) is 2.78. The van der Waals surface area contributed by atoms with Crippen LogP contribution in [0.25, 0.3) is 0 Å². The number of rotatable bonds is 6. The molecular weight excluding hydrogens is 284 g/mol. The van der Waals surface area contributed by atoms with E-state index in [0.29, 0.717) is 19.0 Å². The molecule has 1 aliphatic heterocycles. The van der Waals surface area contributed by atoms with Crippen LogP contribution in [0.3, 0.4) is 0 Å². The highest BCUT2D eigenvalue weighted by atomic mass is 32.1. The number of thiophene rings is 1. The molecule has 0 spiro atoms. The number of carbonyl (C=O) groups is 1. The smallest absolute Gasteiger partial charge is 0.234 e. The molecule has 1 saturated heterocycles. The van der Waals surface area contributed by atoms with Gasteiger partial charge in [-0.3, -0.25) is 9.69 Å². The lowest BCUT2D eigenvalue weighted by Crippen LogP contribution is -2.44. The summed E-state index contributed by atoms with van der Waals surface area (Å²) in [6.45, 7) is 6.82. The summed E-state index contributed by atoms with van der Waals surface area (Å²) in [4.78, 5) is 16.7. The molecule has 0 aromatic carbocycles. The molecule has 2 heterocycles. The first-order valence-corrected chi connectivity index (χ1v) is 8.64. The number of aliphatic hydroxyl groups excluding tert-OH is 1. The second-order valence-electron chi connectivity index (χ2n) is 5.88. The van der Waals surface area contributed by atoms with Crippen molar-refractivity contribution in [3.05, 3.63) is 21.9 Å². The van der Waals surface area contributed by atoms with Gasteiger partial charge in [0.15, 0.2) is 0 Å². The number of hydrogen-bond acceptors (Lipinski definition) is 4. The van der Waals surface area contributed by atoms with Crippen LogP contribution in [0.4, 0.5) is 0 Å². The molecule has 0 radical (unpaired) electrons. The minimum Gasteiger partial charge on any atom is -0.393 e. The summed E-state index contributed by atoms with van der Waals surface area (Å²) in [7, 11) is 0. The van der Waals surface area contributed by atoms with Crippen LogP contribution in [0.5, 0.6) is 0 Å². The fourth-order valence-corrected chi connectivity index (χ4v) is 3.68. The quantitative estimate of drug-likeness (QED) is 0.845. The molecule has 1 fully saturated rings. The lowest BCUT2D eigenvalue weighted by Gasteiger charge is -2.33. The van der Waals surface area contributed by atoms with Crippen LogP contribution in [0.15, 0.2) is 12.1 Å². The van der Waals surface area contributed by atoms with E-state index < -0.39 is 0 Å². The van der Waals surface area contributed by atoms with Gasteiger partial charge in [-0.25, -0.2) is 0 Å². The molecule has 0 aliphatic carbocycles. The van der Waals surface area contributed by atoms with Gasteiger partial charge < -0.3 is 10.4 Å². The molecule has 1 amide bonds. The van der Waals surface area contributed by atoms with Crippen LogP contribution in [0.1, 0.15) is 36.4 Å². The van der Waals surface area contributed by atoms with Crippen molar-refractivity contribution in [2.75, 3.05) is 19.6 Å². The molecule has 1 aromatic heterocycles. The van der Waals surface area contributed by atoms with Crippen molar-refractivity contribution in [3.63, 3.8) is 0 Å². The molecule has 0 bridgehead atoms. The third-order valence-corrected chi connectivity index (χ3v) is 5.35. The van der Waals surface area contributed by atoms with Gasteiger partial charge in [-0.05, 0) is 50.8 Å². The van der Waals surface area contributed by atoms with Gasteiger partial charge in [0.05, 0.1) is 19.2 Å². The van der Waals surface area contributed by atoms with Crippen molar-refractivity contribution in [2.24, 2.45) is 5.92 Å². The predicted molar refractivity (Wildman–Crippen MR) is 86.4 cm³/mol. The van der Waals surface area contributed by atoms with Gasteiger partial charge in [0.25, 0.3) is 0 Å². The van der Waals surface area contributed by atoms with Crippen molar-refractivity contribution in [2.45, 2.75) is 45.8 Å². The first kappa shape index (κ1) is 16.5. The summed E-state index contributed by atoms with van der Waals surface area (Å²) in [5, 5.41) is 12.7. The second-order valence-corrected chi connectivity index (χ2v) is 7.13. The molecule has 2 unspecified atom stereocenters. The molecule has 1 aromatic rings. The summed E-state index contributed by atoms with van der Waals surface area (Å²) >= 11 is 1.76. The van der Waals surface area contributed by atoms with E-state index in [1.165, 1.54) is 9.75 Å². The van der Waals surface area contributed by atoms with E-state index in [1.54, 1.807) is 11.3 Å². The number of nitrogens with zero attached hydrogens (tertiary/aromatic N) is 1. The van der Waals surface area contributed by atoms with E-state index in [-0.39, 0.29) is 12.0 Å². The molecule has 1 aliphatic rings. The maximum absolute atomic E-state index is 12.0. The third kappa shape index (κ3) is 5.09. The largest absolute Gasteiger partial charge is 0.393 e. The number of piperidine rings is 1. The van der Waals surface area contributed by atoms with Crippen molar-refractivity contribution < 1.29 is 9.90 Å². The minimum atomic E-state index is -0.283. The maximum Gasteiger partial charge on any atom is 0.234 e. The van der Waals surface area contributed by atoms with E-state index in [0.717, 1.165) is 32.4 Å². The molecule has 118 valence electrons. The zero-order valence-corrected chi connectivity index (χ0v) is 13.8. The summed E-state index contributed by atoms with van der Waals surface area (Å²) in [6, 6.07) is 4.22. The number of hydrogen-bond donors (Lipinski definition) is 2. The van der Waals surface area contributed by atoms with Crippen molar-refractivity contribution in [1.82, 2.24) is 10.2 Å². The van der Waals surface area contributed by atoms with E-state index in [1.807, 2.05) is 6.92 Å². The summed E-state index contributed by atoms with van der Waals surface area (Å²) in [6.07, 6.45) is 2.89. The van der Waals surface area contributed by atoms with Crippen LogP contribution < -0.4 is 5.32 Å². The number of likely N-dealkylation sites (tertiary alicyclic amines) is 1. The van der Waals surface area contributed by atoms with Crippen molar-refractivity contribution in [3.8, 4) is 0 Å². The average Bonchev–Trinajstić information content (AvgIpc) is 2.93. The van der Waals surface area contributed by atoms with E-state index in [9.17, 15) is 9.90 Å². The molecule has 5 heteroatoms. The average molecular weight is 310 g/mol. The van der Waals surface area contributed by atoms with Crippen LogP contribution in [-0.4, -0.2) is 41.7 Å². The van der Waals surface area contributed by atoms with Crippen LogP contribution in [-0.2, 0) is 17.8 Å². The minimum absolute atomic E-state index is 0.0766. The summed E-state index contributed by atoms with van der Waals surface area (Å²) < 4.78 is 0. The van der Waals surface area contributed by atoms with Gasteiger partial charge in [-0.2, -0.15) is 0 Å². The van der Waals surface area contributed by atoms with E-state index in [2.05, 4.69) is 29.3 Å².